The number of amides is 1. The van der Waals surface area contributed by atoms with Gasteiger partial charge in [0.05, 0.1) is 10.7 Å². The predicted octanol–water partition coefficient (Wildman–Crippen LogP) is 3.07. The summed E-state index contributed by atoms with van der Waals surface area (Å²) in [5, 5.41) is 0.706. The van der Waals surface area contributed by atoms with Crippen molar-refractivity contribution in [3.05, 3.63) is 35.2 Å². The Hall–Kier alpha value is -1.59. The first kappa shape index (κ1) is 17.2. The summed E-state index contributed by atoms with van der Waals surface area (Å²) in [6.07, 6.45) is 4.91. The van der Waals surface area contributed by atoms with Crippen LogP contribution in [-0.4, -0.2) is 51.3 Å². The number of hydrogen-bond acceptors (Lipinski definition) is 3. The molecule has 1 fully saturated rings. The molecule has 0 spiro atoms. The Morgan fingerprint density at radius 3 is 2.71 bits per heavy atom. The van der Waals surface area contributed by atoms with Gasteiger partial charge in [-0.05, 0) is 18.6 Å². The smallest absolute Gasteiger partial charge is 0.227 e. The predicted molar refractivity (Wildman–Crippen MR) is 96.1 cm³/mol. The van der Waals surface area contributed by atoms with E-state index >= 15 is 0 Å². The summed E-state index contributed by atoms with van der Waals surface area (Å²) in [6.45, 7) is 10.3. The fraction of sp³-hybridized carbons (Fsp3) is 0.556. The third kappa shape index (κ3) is 3.90. The Balaban J connectivity index is 1.64. The first-order valence-electron chi connectivity index (χ1n) is 8.48. The second-order valence-electron chi connectivity index (χ2n) is 7.52. The van der Waals surface area contributed by atoms with E-state index in [4.69, 9.17) is 11.6 Å². The molecule has 1 saturated heterocycles. The highest BCUT2D eigenvalue weighted by atomic mass is 35.5. The maximum atomic E-state index is 12.5. The van der Waals surface area contributed by atoms with E-state index in [0.29, 0.717) is 5.02 Å². The minimum absolute atomic E-state index is 0.242. The molecule has 24 heavy (non-hydrogen) atoms. The number of carbonyl (C=O) groups is 1. The van der Waals surface area contributed by atoms with Gasteiger partial charge in [-0.25, -0.2) is 4.98 Å². The highest BCUT2D eigenvalue weighted by molar-refractivity contribution is 6.30. The molecule has 5 nitrogen and oxygen atoms in total. The Labute approximate surface area is 148 Å². The van der Waals surface area contributed by atoms with Gasteiger partial charge in [0, 0.05) is 50.5 Å². The van der Waals surface area contributed by atoms with Crippen molar-refractivity contribution in [3.8, 4) is 0 Å². The molecule has 1 amide bonds. The fourth-order valence-corrected chi connectivity index (χ4v) is 3.30. The lowest BCUT2D eigenvalue weighted by Crippen LogP contribution is -2.41. The molecule has 0 aromatic carbocycles. The summed E-state index contributed by atoms with van der Waals surface area (Å²) in [7, 11) is 0. The maximum Gasteiger partial charge on any atom is 0.227 e. The molecule has 6 heteroatoms. The number of imidazole rings is 1. The van der Waals surface area contributed by atoms with Crippen LogP contribution in [0.5, 0.6) is 0 Å². The summed E-state index contributed by atoms with van der Waals surface area (Å²) in [5.41, 5.74) is 1.64. The zero-order valence-electron chi connectivity index (χ0n) is 14.6. The molecule has 0 aliphatic carbocycles. The highest BCUT2D eigenvalue weighted by Crippen LogP contribution is 2.19. The van der Waals surface area contributed by atoms with Crippen molar-refractivity contribution in [2.75, 3.05) is 26.2 Å². The van der Waals surface area contributed by atoms with Crippen LogP contribution in [0.2, 0.25) is 5.02 Å². The lowest BCUT2D eigenvalue weighted by molar-refractivity contribution is -0.139. The molecule has 0 radical (unpaired) electrons. The van der Waals surface area contributed by atoms with Crippen molar-refractivity contribution in [3.63, 3.8) is 0 Å². The van der Waals surface area contributed by atoms with Gasteiger partial charge in [0.15, 0.2) is 0 Å². The molecule has 1 aliphatic rings. The van der Waals surface area contributed by atoms with Crippen molar-refractivity contribution in [2.45, 2.75) is 33.7 Å². The van der Waals surface area contributed by atoms with Crippen LogP contribution in [0.1, 0.15) is 32.9 Å². The molecule has 130 valence electrons. The van der Waals surface area contributed by atoms with Gasteiger partial charge in [-0.15, -0.1) is 0 Å². The van der Waals surface area contributed by atoms with Crippen LogP contribution in [0.4, 0.5) is 0 Å². The van der Waals surface area contributed by atoms with E-state index in [2.05, 4.69) is 9.88 Å². The van der Waals surface area contributed by atoms with Crippen LogP contribution in [0.15, 0.2) is 24.5 Å². The van der Waals surface area contributed by atoms with Crippen molar-refractivity contribution >= 4 is 23.2 Å². The van der Waals surface area contributed by atoms with Gasteiger partial charge in [-0.3, -0.25) is 9.69 Å². The largest absolute Gasteiger partial charge is 0.341 e. The van der Waals surface area contributed by atoms with Gasteiger partial charge in [-0.1, -0.05) is 32.4 Å². The van der Waals surface area contributed by atoms with Crippen LogP contribution < -0.4 is 0 Å². The second kappa shape index (κ2) is 6.73. The number of carbonyl (C=O) groups excluding carboxylic acids is 1. The van der Waals surface area contributed by atoms with E-state index in [0.717, 1.165) is 50.5 Å². The SMILES string of the molecule is CC(C)(C)C(=O)N1CCCN(Cc2cn3cc(Cl)ccc3n2)CC1. The Morgan fingerprint density at radius 2 is 1.96 bits per heavy atom. The number of aromatic nitrogens is 2. The van der Waals surface area contributed by atoms with Gasteiger partial charge in [0.1, 0.15) is 5.65 Å². The molecule has 3 heterocycles. The van der Waals surface area contributed by atoms with E-state index in [1.165, 1.54) is 0 Å². The third-order valence-electron chi connectivity index (χ3n) is 4.37. The normalized spacial score (nSPS) is 17.2. The van der Waals surface area contributed by atoms with Crippen molar-refractivity contribution in [1.82, 2.24) is 19.2 Å². The van der Waals surface area contributed by atoms with E-state index in [-0.39, 0.29) is 11.3 Å². The summed E-state index contributed by atoms with van der Waals surface area (Å²) in [5.74, 6) is 0.242. The summed E-state index contributed by atoms with van der Waals surface area (Å²) < 4.78 is 1.96. The summed E-state index contributed by atoms with van der Waals surface area (Å²) in [6, 6.07) is 3.79. The average molecular weight is 349 g/mol. The first-order chi connectivity index (χ1) is 11.3. The maximum absolute atomic E-state index is 12.5. The lowest BCUT2D eigenvalue weighted by Gasteiger charge is -2.28. The molecule has 0 N–H and O–H groups in total. The zero-order chi connectivity index (χ0) is 17.3. The number of nitrogens with zero attached hydrogens (tertiary/aromatic N) is 4. The van der Waals surface area contributed by atoms with Crippen molar-refractivity contribution in [2.24, 2.45) is 5.41 Å². The number of pyridine rings is 1. The third-order valence-corrected chi connectivity index (χ3v) is 4.59. The van der Waals surface area contributed by atoms with Crippen LogP contribution in [0.3, 0.4) is 0 Å². The van der Waals surface area contributed by atoms with E-state index in [1.54, 1.807) is 0 Å². The number of rotatable bonds is 2. The first-order valence-corrected chi connectivity index (χ1v) is 8.85. The van der Waals surface area contributed by atoms with Gasteiger partial charge >= 0.3 is 0 Å². The second-order valence-corrected chi connectivity index (χ2v) is 7.95. The zero-order valence-corrected chi connectivity index (χ0v) is 15.4. The summed E-state index contributed by atoms with van der Waals surface area (Å²) in [4.78, 5) is 21.5. The van der Waals surface area contributed by atoms with Crippen molar-refractivity contribution < 1.29 is 4.79 Å². The van der Waals surface area contributed by atoms with Gasteiger partial charge in [0.25, 0.3) is 0 Å². The Kier molecular flexibility index (Phi) is 4.83. The van der Waals surface area contributed by atoms with Crippen LogP contribution in [0, 0.1) is 5.41 Å². The highest BCUT2D eigenvalue weighted by Gasteiger charge is 2.28. The molecule has 2 aromatic rings. The molecule has 0 atom stereocenters. The lowest BCUT2D eigenvalue weighted by atomic mass is 9.94. The number of hydrogen-bond donors (Lipinski definition) is 0. The monoisotopic (exact) mass is 348 g/mol. The minimum Gasteiger partial charge on any atom is -0.341 e. The topological polar surface area (TPSA) is 40.9 Å². The molecule has 1 aliphatic heterocycles. The standard InChI is InChI=1S/C18H25ClN4O/c1-18(2,3)17(24)22-8-4-7-21(9-10-22)12-15-13-23-11-14(19)5-6-16(23)20-15/h5-6,11,13H,4,7-10,12H2,1-3H3. The molecule has 0 unspecified atom stereocenters. The fourth-order valence-electron chi connectivity index (χ4n) is 3.13. The molecular formula is C18H25ClN4O. The van der Waals surface area contributed by atoms with Gasteiger partial charge in [-0.2, -0.15) is 0 Å². The van der Waals surface area contributed by atoms with Crippen molar-refractivity contribution in [1.29, 1.82) is 0 Å². The van der Waals surface area contributed by atoms with E-state index < -0.39 is 0 Å². The molecule has 0 saturated carbocycles. The number of halogens is 1. The Morgan fingerprint density at radius 1 is 1.17 bits per heavy atom. The summed E-state index contributed by atoms with van der Waals surface area (Å²) >= 11 is 6.03. The van der Waals surface area contributed by atoms with E-state index in [9.17, 15) is 4.79 Å². The van der Waals surface area contributed by atoms with Gasteiger partial charge < -0.3 is 9.30 Å². The Bertz CT molecular complexity index is 734. The molecular weight excluding hydrogens is 324 g/mol. The molecule has 0 bridgehead atoms. The van der Waals surface area contributed by atoms with E-state index in [1.807, 2.05) is 54.6 Å². The van der Waals surface area contributed by atoms with Crippen LogP contribution >= 0.6 is 11.6 Å². The molecule has 3 rings (SSSR count). The molecule has 2 aromatic heterocycles. The minimum atomic E-state index is -0.309. The number of fused-ring (bicyclic) bond motifs is 1. The van der Waals surface area contributed by atoms with Crippen LogP contribution in [0.25, 0.3) is 5.65 Å². The quantitative estimate of drug-likeness (QED) is 0.837. The average Bonchev–Trinajstić information content (AvgIpc) is 2.74. The van der Waals surface area contributed by atoms with Crippen LogP contribution in [-0.2, 0) is 11.3 Å². The van der Waals surface area contributed by atoms with Gasteiger partial charge in [0.2, 0.25) is 5.91 Å².